The molecule has 0 atom stereocenters. The molecule has 0 unspecified atom stereocenters. The van der Waals surface area contributed by atoms with Crippen molar-refractivity contribution >= 4 is 5.91 Å². The van der Waals surface area contributed by atoms with E-state index in [4.69, 9.17) is 5.73 Å². The van der Waals surface area contributed by atoms with Crippen LogP contribution in [0.5, 0.6) is 0 Å². The smallest absolute Gasteiger partial charge is 0.229 e. The highest BCUT2D eigenvalue weighted by molar-refractivity contribution is 5.76. The highest BCUT2D eigenvalue weighted by Crippen LogP contribution is 2.24. The maximum Gasteiger partial charge on any atom is 0.229 e. The highest BCUT2D eigenvalue weighted by Gasteiger charge is 2.14. The van der Waals surface area contributed by atoms with Crippen molar-refractivity contribution in [3.8, 4) is 11.8 Å². The minimum atomic E-state index is -0.381. The van der Waals surface area contributed by atoms with E-state index in [1.165, 1.54) is 18.4 Å². The summed E-state index contributed by atoms with van der Waals surface area (Å²) >= 11 is 0. The van der Waals surface area contributed by atoms with E-state index in [1.54, 1.807) is 0 Å². The molecule has 1 aromatic rings. The van der Waals surface area contributed by atoms with Gasteiger partial charge in [0.25, 0.3) is 0 Å². The number of amides is 1. The number of rotatable bonds is 2. The average molecular weight is 242 g/mol. The lowest BCUT2D eigenvalue weighted by Gasteiger charge is -2.22. The van der Waals surface area contributed by atoms with Gasteiger partial charge in [-0.2, -0.15) is 0 Å². The summed E-state index contributed by atoms with van der Waals surface area (Å²) < 4.78 is 0. The van der Waals surface area contributed by atoms with Crippen molar-refractivity contribution in [1.29, 1.82) is 0 Å². The summed E-state index contributed by atoms with van der Waals surface area (Å²) in [5.74, 6) is 5.99. The number of benzene rings is 1. The Kier molecular flexibility index (Phi) is 4.38. The molecule has 1 aliphatic rings. The third-order valence-electron chi connectivity index (χ3n) is 3.22. The van der Waals surface area contributed by atoms with Gasteiger partial charge in [0.2, 0.25) is 5.91 Å². The summed E-state index contributed by atoms with van der Waals surface area (Å²) in [6.07, 6.45) is 2.52. The Morgan fingerprint density at radius 3 is 2.56 bits per heavy atom. The van der Waals surface area contributed by atoms with Crippen LogP contribution in [0.15, 0.2) is 24.3 Å². The first-order chi connectivity index (χ1) is 8.75. The van der Waals surface area contributed by atoms with Crippen molar-refractivity contribution in [2.45, 2.75) is 25.2 Å². The molecule has 2 rings (SSSR count). The molecular formula is C15H18N2O. The first-order valence-corrected chi connectivity index (χ1v) is 6.33. The number of nitrogens with one attached hydrogen (secondary N) is 1. The topological polar surface area (TPSA) is 55.1 Å². The van der Waals surface area contributed by atoms with Gasteiger partial charge in [-0.1, -0.05) is 24.0 Å². The zero-order valence-electron chi connectivity index (χ0n) is 10.4. The van der Waals surface area contributed by atoms with E-state index in [0.717, 1.165) is 18.7 Å². The lowest BCUT2D eigenvalue weighted by atomic mass is 9.90. The molecule has 1 aromatic carbocycles. The van der Waals surface area contributed by atoms with Crippen LogP contribution in [-0.4, -0.2) is 19.0 Å². The van der Waals surface area contributed by atoms with Crippen molar-refractivity contribution in [2.75, 3.05) is 13.1 Å². The second-order valence-corrected chi connectivity index (χ2v) is 4.59. The van der Waals surface area contributed by atoms with Crippen LogP contribution in [0.2, 0.25) is 0 Å². The normalized spacial score (nSPS) is 15.8. The maximum absolute atomic E-state index is 10.6. The van der Waals surface area contributed by atoms with E-state index in [0.29, 0.717) is 5.92 Å². The van der Waals surface area contributed by atoms with E-state index in [-0.39, 0.29) is 12.3 Å². The van der Waals surface area contributed by atoms with Crippen molar-refractivity contribution in [3.63, 3.8) is 0 Å². The zero-order chi connectivity index (χ0) is 12.8. The van der Waals surface area contributed by atoms with Gasteiger partial charge in [0, 0.05) is 5.56 Å². The molecule has 1 aliphatic heterocycles. The van der Waals surface area contributed by atoms with Gasteiger partial charge in [-0.05, 0) is 49.5 Å². The second kappa shape index (κ2) is 6.23. The van der Waals surface area contributed by atoms with E-state index in [9.17, 15) is 4.79 Å². The van der Waals surface area contributed by atoms with Crippen LogP contribution in [-0.2, 0) is 4.79 Å². The quantitative estimate of drug-likeness (QED) is 0.770. The van der Waals surface area contributed by atoms with E-state index in [1.807, 2.05) is 12.1 Å². The zero-order valence-corrected chi connectivity index (χ0v) is 10.4. The van der Waals surface area contributed by atoms with E-state index in [2.05, 4.69) is 29.3 Å². The van der Waals surface area contributed by atoms with Crippen LogP contribution in [0.3, 0.4) is 0 Å². The van der Waals surface area contributed by atoms with Crippen molar-refractivity contribution in [1.82, 2.24) is 5.32 Å². The molecule has 1 saturated heterocycles. The first-order valence-electron chi connectivity index (χ1n) is 6.33. The molecule has 3 N–H and O–H groups in total. The summed E-state index contributed by atoms with van der Waals surface area (Å²) in [6, 6.07) is 8.32. The lowest BCUT2D eigenvalue weighted by molar-refractivity contribution is -0.117. The number of primary amides is 1. The minimum Gasteiger partial charge on any atom is -0.369 e. The largest absolute Gasteiger partial charge is 0.369 e. The molecule has 94 valence electrons. The number of hydrogen-bond donors (Lipinski definition) is 2. The maximum atomic E-state index is 10.6. The highest BCUT2D eigenvalue weighted by atomic mass is 16.1. The van der Waals surface area contributed by atoms with Gasteiger partial charge in [-0.15, -0.1) is 0 Å². The molecule has 1 fully saturated rings. The third-order valence-corrected chi connectivity index (χ3v) is 3.22. The molecule has 0 bridgehead atoms. The number of nitrogens with two attached hydrogens (primary N) is 1. The fourth-order valence-electron chi connectivity index (χ4n) is 2.23. The van der Waals surface area contributed by atoms with Crippen LogP contribution in [0.25, 0.3) is 0 Å². The Labute approximate surface area is 108 Å². The molecule has 0 spiro atoms. The Balaban J connectivity index is 1.99. The molecule has 0 saturated carbocycles. The van der Waals surface area contributed by atoms with Crippen molar-refractivity contribution in [2.24, 2.45) is 5.73 Å². The fourth-order valence-corrected chi connectivity index (χ4v) is 2.23. The van der Waals surface area contributed by atoms with Crippen molar-refractivity contribution in [3.05, 3.63) is 35.4 Å². The van der Waals surface area contributed by atoms with Crippen LogP contribution >= 0.6 is 0 Å². The molecule has 18 heavy (non-hydrogen) atoms. The Morgan fingerprint density at radius 1 is 1.28 bits per heavy atom. The summed E-state index contributed by atoms with van der Waals surface area (Å²) in [5, 5.41) is 3.37. The van der Waals surface area contributed by atoms with Gasteiger partial charge in [0.1, 0.15) is 0 Å². The lowest BCUT2D eigenvalue weighted by Crippen LogP contribution is -2.26. The first kappa shape index (κ1) is 12.7. The Morgan fingerprint density at radius 2 is 1.94 bits per heavy atom. The van der Waals surface area contributed by atoms with Crippen LogP contribution < -0.4 is 11.1 Å². The van der Waals surface area contributed by atoms with Crippen LogP contribution in [0.4, 0.5) is 0 Å². The predicted octanol–water partition coefficient (Wildman–Crippen LogP) is 1.38. The number of piperidine rings is 1. The molecule has 1 amide bonds. The molecule has 0 aliphatic carbocycles. The predicted molar refractivity (Wildman–Crippen MR) is 72.0 cm³/mol. The fraction of sp³-hybridized carbons (Fsp3) is 0.400. The number of carbonyl (C=O) groups excluding carboxylic acids is 1. The van der Waals surface area contributed by atoms with Gasteiger partial charge < -0.3 is 11.1 Å². The molecule has 1 heterocycles. The Hall–Kier alpha value is -1.79. The van der Waals surface area contributed by atoms with Gasteiger partial charge in [0.15, 0.2) is 0 Å². The standard InChI is InChI=1S/C15H18N2O/c16-15(18)3-1-2-12-4-6-13(7-5-12)14-8-10-17-11-9-14/h4-7,14,17H,3,8-11H2,(H2,16,18). The summed E-state index contributed by atoms with van der Waals surface area (Å²) in [4.78, 5) is 10.6. The summed E-state index contributed by atoms with van der Waals surface area (Å²) in [6.45, 7) is 2.20. The Bertz CT molecular complexity index is 462. The van der Waals surface area contributed by atoms with Crippen LogP contribution in [0, 0.1) is 11.8 Å². The van der Waals surface area contributed by atoms with Crippen molar-refractivity contribution < 1.29 is 4.79 Å². The molecule has 0 radical (unpaired) electrons. The number of carbonyl (C=O) groups is 1. The third kappa shape index (κ3) is 3.61. The monoisotopic (exact) mass is 242 g/mol. The SMILES string of the molecule is NC(=O)CC#Cc1ccc(C2CCNCC2)cc1. The molecular weight excluding hydrogens is 224 g/mol. The number of hydrogen-bond acceptors (Lipinski definition) is 2. The average Bonchev–Trinajstić information content (AvgIpc) is 2.40. The second-order valence-electron chi connectivity index (χ2n) is 4.59. The van der Waals surface area contributed by atoms with Gasteiger partial charge in [0.05, 0.1) is 6.42 Å². The summed E-state index contributed by atoms with van der Waals surface area (Å²) in [7, 11) is 0. The summed E-state index contributed by atoms with van der Waals surface area (Å²) in [5.41, 5.74) is 7.36. The molecule has 0 aromatic heterocycles. The molecule has 3 heteroatoms. The van der Waals surface area contributed by atoms with Gasteiger partial charge in [-0.25, -0.2) is 0 Å². The van der Waals surface area contributed by atoms with E-state index < -0.39 is 0 Å². The minimum absolute atomic E-state index is 0.121. The van der Waals surface area contributed by atoms with Crippen LogP contribution in [0.1, 0.15) is 36.3 Å². The van der Waals surface area contributed by atoms with Gasteiger partial charge >= 0.3 is 0 Å². The van der Waals surface area contributed by atoms with Gasteiger partial charge in [-0.3, -0.25) is 4.79 Å². The van der Waals surface area contributed by atoms with E-state index >= 15 is 0 Å². The molecule has 3 nitrogen and oxygen atoms in total.